The summed E-state index contributed by atoms with van der Waals surface area (Å²) in [7, 11) is 0. The van der Waals surface area contributed by atoms with E-state index in [9.17, 15) is 4.79 Å². The van der Waals surface area contributed by atoms with E-state index in [1.807, 2.05) is 11.3 Å². The van der Waals surface area contributed by atoms with E-state index in [0.29, 0.717) is 11.5 Å². The standard InChI is InChI=1S/C12H14N2O2/c1-7(2)11-13-8(3)10-6-9(12(15)16)4-5-14(10)11/h4-7H,1-3H3,(H,15,16). The van der Waals surface area contributed by atoms with Crippen LogP contribution in [-0.2, 0) is 0 Å². The van der Waals surface area contributed by atoms with Crippen molar-refractivity contribution in [1.29, 1.82) is 0 Å². The lowest BCUT2D eigenvalue weighted by atomic mass is 10.2. The maximum atomic E-state index is 10.9. The fourth-order valence-corrected chi connectivity index (χ4v) is 1.80. The van der Waals surface area contributed by atoms with Crippen LogP contribution in [0.1, 0.15) is 41.6 Å². The number of rotatable bonds is 2. The van der Waals surface area contributed by atoms with Gasteiger partial charge < -0.3 is 9.51 Å². The molecule has 0 radical (unpaired) electrons. The third-order valence-corrected chi connectivity index (χ3v) is 2.62. The van der Waals surface area contributed by atoms with Crippen LogP contribution >= 0.6 is 0 Å². The van der Waals surface area contributed by atoms with E-state index >= 15 is 0 Å². The Morgan fingerprint density at radius 1 is 1.50 bits per heavy atom. The molecule has 0 atom stereocenters. The van der Waals surface area contributed by atoms with Gasteiger partial charge >= 0.3 is 5.97 Å². The van der Waals surface area contributed by atoms with Gasteiger partial charge in [-0.25, -0.2) is 9.78 Å². The third-order valence-electron chi connectivity index (χ3n) is 2.62. The highest BCUT2D eigenvalue weighted by Gasteiger charge is 2.12. The van der Waals surface area contributed by atoms with E-state index in [1.54, 1.807) is 18.3 Å². The number of hydrogen-bond donors (Lipinski definition) is 1. The third kappa shape index (κ3) is 1.56. The average molecular weight is 218 g/mol. The van der Waals surface area contributed by atoms with Crippen LogP contribution in [0.25, 0.3) is 5.52 Å². The van der Waals surface area contributed by atoms with E-state index in [-0.39, 0.29) is 0 Å². The summed E-state index contributed by atoms with van der Waals surface area (Å²) in [6.07, 6.45) is 1.77. The van der Waals surface area contributed by atoms with Gasteiger partial charge in [-0.1, -0.05) is 13.8 Å². The van der Waals surface area contributed by atoms with Gasteiger partial charge in [-0.3, -0.25) is 0 Å². The number of carboxylic acid groups (broad SMARTS) is 1. The molecular formula is C12H14N2O2. The highest BCUT2D eigenvalue weighted by molar-refractivity contribution is 5.89. The molecule has 0 unspecified atom stereocenters. The van der Waals surface area contributed by atoms with Crippen LogP contribution in [-0.4, -0.2) is 20.5 Å². The number of pyridine rings is 1. The van der Waals surface area contributed by atoms with Crippen molar-refractivity contribution in [3.63, 3.8) is 0 Å². The van der Waals surface area contributed by atoms with Crippen LogP contribution < -0.4 is 0 Å². The van der Waals surface area contributed by atoms with E-state index in [4.69, 9.17) is 5.11 Å². The van der Waals surface area contributed by atoms with Gasteiger partial charge in [0.25, 0.3) is 0 Å². The molecule has 0 amide bonds. The van der Waals surface area contributed by atoms with Crippen LogP contribution in [0.2, 0.25) is 0 Å². The summed E-state index contributed by atoms with van der Waals surface area (Å²) < 4.78 is 1.95. The molecule has 84 valence electrons. The van der Waals surface area contributed by atoms with Gasteiger partial charge in [0.1, 0.15) is 5.82 Å². The van der Waals surface area contributed by atoms with Gasteiger partial charge in [-0.2, -0.15) is 0 Å². The molecule has 1 N–H and O–H groups in total. The predicted molar refractivity (Wildman–Crippen MR) is 61.0 cm³/mol. The number of aryl methyl sites for hydroxylation is 1. The lowest BCUT2D eigenvalue weighted by Crippen LogP contribution is -2.00. The largest absolute Gasteiger partial charge is 0.478 e. The molecule has 0 spiro atoms. The number of imidazole rings is 1. The Morgan fingerprint density at radius 3 is 2.75 bits per heavy atom. The van der Waals surface area contributed by atoms with Crippen molar-refractivity contribution in [2.75, 3.05) is 0 Å². The summed E-state index contributed by atoms with van der Waals surface area (Å²) in [4.78, 5) is 15.3. The molecule has 0 aromatic carbocycles. The minimum atomic E-state index is -0.908. The maximum absolute atomic E-state index is 10.9. The number of hydrogen-bond acceptors (Lipinski definition) is 2. The van der Waals surface area contributed by atoms with Crippen LogP contribution in [0.5, 0.6) is 0 Å². The quantitative estimate of drug-likeness (QED) is 0.842. The zero-order valence-electron chi connectivity index (χ0n) is 9.56. The Balaban J connectivity index is 2.71. The Hall–Kier alpha value is -1.84. The Labute approximate surface area is 93.5 Å². The van der Waals surface area contributed by atoms with Gasteiger partial charge in [0.2, 0.25) is 0 Å². The molecule has 4 heteroatoms. The maximum Gasteiger partial charge on any atom is 0.335 e. The van der Waals surface area contributed by atoms with Crippen molar-refractivity contribution in [3.05, 3.63) is 35.4 Å². The van der Waals surface area contributed by atoms with Crippen molar-refractivity contribution in [2.45, 2.75) is 26.7 Å². The Kier molecular flexibility index (Phi) is 2.42. The van der Waals surface area contributed by atoms with E-state index < -0.39 is 5.97 Å². The summed E-state index contributed by atoms with van der Waals surface area (Å²) >= 11 is 0. The molecule has 2 rings (SSSR count). The van der Waals surface area contributed by atoms with Crippen molar-refractivity contribution in [2.24, 2.45) is 0 Å². The molecule has 0 aliphatic rings. The molecule has 0 bridgehead atoms. The lowest BCUT2D eigenvalue weighted by Gasteiger charge is -2.04. The fourth-order valence-electron chi connectivity index (χ4n) is 1.80. The van der Waals surface area contributed by atoms with Gasteiger partial charge in [0.05, 0.1) is 16.8 Å². The molecule has 16 heavy (non-hydrogen) atoms. The molecule has 4 nitrogen and oxygen atoms in total. The molecule has 2 heterocycles. The highest BCUT2D eigenvalue weighted by Crippen LogP contribution is 2.19. The highest BCUT2D eigenvalue weighted by atomic mass is 16.4. The van der Waals surface area contributed by atoms with Crippen molar-refractivity contribution in [3.8, 4) is 0 Å². The molecule has 0 aliphatic carbocycles. The topological polar surface area (TPSA) is 54.6 Å². The van der Waals surface area contributed by atoms with Gasteiger partial charge in [0, 0.05) is 12.1 Å². The SMILES string of the molecule is Cc1nc(C(C)C)n2ccc(C(=O)O)cc12. The zero-order chi connectivity index (χ0) is 11.9. The molecule has 0 aliphatic heterocycles. The number of fused-ring (bicyclic) bond motifs is 1. The molecule has 0 saturated heterocycles. The van der Waals surface area contributed by atoms with Gasteiger partial charge in [-0.15, -0.1) is 0 Å². The number of nitrogens with zero attached hydrogens (tertiary/aromatic N) is 2. The second-order valence-electron chi connectivity index (χ2n) is 4.19. The number of carboxylic acids is 1. The minimum Gasteiger partial charge on any atom is -0.478 e. The molecular weight excluding hydrogens is 204 g/mol. The molecule has 2 aromatic rings. The number of carbonyl (C=O) groups is 1. The van der Waals surface area contributed by atoms with Crippen LogP contribution in [0, 0.1) is 6.92 Å². The molecule has 0 fully saturated rings. The van der Waals surface area contributed by atoms with Crippen molar-refractivity contribution >= 4 is 11.5 Å². The summed E-state index contributed by atoms with van der Waals surface area (Å²) in [6, 6.07) is 3.26. The molecule has 0 saturated carbocycles. The summed E-state index contributed by atoms with van der Waals surface area (Å²) in [5.74, 6) is 0.371. The zero-order valence-corrected chi connectivity index (χ0v) is 9.56. The number of aromatic nitrogens is 2. The van der Waals surface area contributed by atoms with Crippen LogP contribution in [0.3, 0.4) is 0 Å². The van der Waals surface area contributed by atoms with Gasteiger partial charge in [0.15, 0.2) is 0 Å². The first-order valence-corrected chi connectivity index (χ1v) is 5.22. The van der Waals surface area contributed by atoms with Crippen molar-refractivity contribution < 1.29 is 9.90 Å². The first-order valence-electron chi connectivity index (χ1n) is 5.22. The molecule has 2 aromatic heterocycles. The predicted octanol–water partition coefficient (Wildman–Crippen LogP) is 2.46. The van der Waals surface area contributed by atoms with Gasteiger partial charge in [-0.05, 0) is 19.1 Å². The summed E-state index contributed by atoms with van der Waals surface area (Å²) in [5.41, 5.74) is 2.03. The lowest BCUT2D eigenvalue weighted by molar-refractivity contribution is 0.0697. The smallest absolute Gasteiger partial charge is 0.335 e. The van der Waals surface area contributed by atoms with E-state index in [0.717, 1.165) is 17.0 Å². The Bertz CT molecular complexity index is 555. The first-order chi connectivity index (χ1) is 7.50. The monoisotopic (exact) mass is 218 g/mol. The minimum absolute atomic E-state index is 0.297. The second-order valence-corrected chi connectivity index (χ2v) is 4.19. The Morgan fingerprint density at radius 2 is 2.19 bits per heavy atom. The second kappa shape index (κ2) is 3.63. The summed E-state index contributed by atoms with van der Waals surface area (Å²) in [5, 5.41) is 8.92. The summed E-state index contributed by atoms with van der Waals surface area (Å²) in [6.45, 7) is 6.03. The van der Waals surface area contributed by atoms with Crippen molar-refractivity contribution in [1.82, 2.24) is 9.38 Å². The first kappa shape index (κ1) is 10.7. The average Bonchev–Trinajstić information content (AvgIpc) is 2.56. The van der Waals surface area contributed by atoms with E-state index in [2.05, 4.69) is 18.8 Å². The normalized spacial score (nSPS) is 11.2. The van der Waals surface area contributed by atoms with E-state index in [1.165, 1.54) is 0 Å². The van der Waals surface area contributed by atoms with Crippen LogP contribution in [0.4, 0.5) is 0 Å². The number of aromatic carboxylic acids is 1. The fraction of sp³-hybridized carbons (Fsp3) is 0.333. The van der Waals surface area contributed by atoms with Crippen LogP contribution in [0.15, 0.2) is 18.3 Å².